The first kappa shape index (κ1) is 13.8. The maximum atomic E-state index is 12.7. The Hall–Kier alpha value is -0.450. The largest absolute Gasteiger partial charge is 0.393 e. The van der Waals surface area contributed by atoms with Crippen molar-refractivity contribution in [2.45, 2.75) is 76.5 Å². The van der Waals surface area contributed by atoms with Gasteiger partial charge in [-0.3, -0.25) is 4.79 Å². The summed E-state index contributed by atoms with van der Waals surface area (Å²) in [6.45, 7) is 4.58. The molecular formula is C19H26O4. The molecule has 4 nitrogen and oxygen atoms in total. The third-order valence-corrected chi connectivity index (χ3v) is 8.88. The maximum absolute atomic E-state index is 12.7. The molecule has 0 radical (unpaired) electrons. The fraction of sp³-hybridized carbons (Fsp3) is 0.947. The van der Waals surface area contributed by atoms with E-state index in [1.807, 2.05) is 0 Å². The second-order valence-electron chi connectivity index (χ2n) is 9.71. The summed E-state index contributed by atoms with van der Waals surface area (Å²) in [5, 5.41) is 10.9. The van der Waals surface area contributed by atoms with E-state index in [0.29, 0.717) is 41.7 Å². The molecule has 126 valence electrons. The van der Waals surface area contributed by atoms with Crippen LogP contribution in [0.25, 0.3) is 0 Å². The molecule has 23 heavy (non-hydrogen) atoms. The van der Waals surface area contributed by atoms with Crippen LogP contribution in [0.1, 0.15) is 46.0 Å². The normalized spacial score (nSPS) is 68.3. The van der Waals surface area contributed by atoms with Crippen molar-refractivity contribution in [1.29, 1.82) is 0 Å². The summed E-state index contributed by atoms with van der Waals surface area (Å²) in [7, 11) is 0. The Morgan fingerprint density at radius 2 is 1.96 bits per heavy atom. The van der Waals surface area contributed by atoms with E-state index in [4.69, 9.17) is 9.47 Å². The fourth-order valence-corrected chi connectivity index (χ4v) is 7.65. The third kappa shape index (κ3) is 1.48. The number of carbonyl (C=O) groups excluding carboxylic acids is 1. The molecule has 2 saturated heterocycles. The maximum Gasteiger partial charge on any atom is 0.170 e. The zero-order valence-corrected chi connectivity index (χ0v) is 13.9. The highest BCUT2D eigenvalue weighted by atomic mass is 16.6. The monoisotopic (exact) mass is 318 g/mol. The molecule has 6 aliphatic rings. The standard InChI is InChI=1S/C19H26O4/c1-18-4-3-9-8(14(18)15-16(23-15)17(18)21)5-11(20)10-6-12-13(22-12)7-19(9,10)2/h8-16,20H,3-7H2,1-2H3/t8-,9+,10-,11+,12+,13-,14-,15+,16+,18+,19-/m1/s1. The summed E-state index contributed by atoms with van der Waals surface area (Å²) in [5.41, 5.74) is -0.0116. The molecular weight excluding hydrogens is 292 g/mol. The average Bonchev–Trinajstić information content (AvgIpc) is 3.38. The van der Waals surface area contributed by atoms with Crippen LogP contribution < -0.4 is 0 Å². The van der Waals surface area contributed by atoms with Crippen LogP contribution in [-0.4, -0.2) is 41.4 Å². The second-order valence-corrected chi connectivity index (χ2v) is 9.71. The Morgan fingerprint density at radius 3 is 2.78 bits per heavy atom. The van der Waals surface area contributed by atoms with E-state index < -0.39 is 0 Å². The highest BCUT2D eigenvalue weighted by Crippen LogP contribution is 2.69. The Morgan fingerprint density at radius 1 is 1.13 bits per heavy atom. The molecule has 0 aromatic carbocycles. The Kier molecular flexibility index (Phi) is 2.32. The smallest absolute Gasteiger partial charge is 0.170 e. The van der Waals surface area contributed by atoms with E-state index in [-0.39, 0.29) is 29.1 Å². The highest BCUT2D eigenvalue weighted by Gasteiger charge is 2.73. The van der Waals surface area contributed by atoms with Crippen molar-refractivity contribution in [3.63, 3.8) is 0 Å². The highest BCUT2D eigenvalue weighted by molar-refractivity contribution is 5.94. The number of aliphatic hydroxyl groups excluding tert-OH is 1. The molecule has 4 aliphatic carbocycles. The summed E-state index contributed by atoms with van der Waals surface area (Å²) in [4.78, 5) is 12.7. The van der Waals surface area contributed by atoms with Crippen molar-refractivity contribution in [1.82, 2.24) is 0 Å². The first-order valence-corrected chi connectivity index (χ1v) is 9.47. The Balaban J connectivity index is 1.41. The van der Waals surface area contributed by atoms with Gasteiger partial charge in [0, 0.05) is 11.3 Å². The van der Waals surface area contributed by atoms with Gasteiger partial charge in [0.15, 0.2) is 5.78 Å². The molecule has 0 bridgehead atoms. The van der Waals surface area contributed by atoms with E-state index in [1.165, 1.54) is 0 Å². The van der Waals surface area contributed by atoms with Gasteiger partial charge in [-0.25, -0.2) is 0 Å². The molecule has 2 heterocycles. The molecule has 0 aromatic rings. The number of epoxide rings is 2. The lowest BCUT2D eigenvalue weighted by atomic mass is 9.44. The van der Waals surface area contributed by atoms with Gasteiger partial charge in [0.2, 0.25) is 0 Å². The SMILES string of the molecule is C[C@]12C[C@H]3O[C@H]3C[C@@H]1[C@@H](O)C[C@H]1[C@@H]3[C@@H]4O[C@@H]4C(=O)[C@@]3(C)CC[C@@H]12. The number of ether oxygens (including phenoxy) is 2. The van der Waals surface area contributed by atoms with Crippen molar-refractivity contribution in [2.75, 3.05) is 0 Å². The molecule has 0 aromatic heterocycles. The number of fused-ring (bicyclic) bond motifs is 8. The quantitative estimate of drug-likeness (QED) is 0.693. The van der Waals surface area contributed by atoms with E-state index in [9.17, 15) is 9.90 Å². The molecule has 11 atom stereocenters. The van der Waals surface area contributed by atoms with Gasteiger partial charge in [0.05, 0.1) is 24.4 Å². The molecule has 1 N–H and O–H groups in total. The van der Waals surface area contributed by atoms with Crippen molar-refractivity contribution >= 4 is 5.78 Å². The lowest BCUT2D eigenvalue weighted by Crippen LogP contribution is -2.59. The second kappa shape index (κ2) is 3.86. The number of aliphatic hydroxyl groups is 1. The van der Waals surface area contributed by atoms with Gasteiger partial charge < -0.3 is 14.6 Å². The van der Waals surface area contributed by atoms with Crippen LogP contribution in [0, 0.1) is 34.5 Å². The zero-order chi connectivity index (χ0) is 15.7. The van der Waals surface area contributed by atoms with Crippen molar-refractivity contribution in [3.8, 4) is 0 Å². The first-order valence-electron chi connectivity index (χ1n) is 9.47. The predicted octanol–water partition coefficient (Wildman–Crippen LogP) is 1.93. The Bertz CT molecular complexity index is 604. The first-order chi connectivity index (χ1) is 10.9. The predicted molar refractivity (Wildman–Crippen MR) is 81.6 cm³/mol. The van der Waals surface area contributed by atoms with Crippen LogP contribution in [0.3, 0.4) is 0 Å². The van der Waals surface area contributed by atoms with E-state index in [1.54, 1.807) is 0 Å². The van der Waals surface area contributed by atoms with E-state index >= 15 is 0 Å². The van der Waals surface area contributed by atoms with Gasteiger partial charge in [-0.1, -0.05) is 13.8 Å². The van der Waals surface area contributed by atoms with Gasteiger partial charge in [-0.05, 0) is 55.3 Å². The van der Waals surface area contributed by atoms with E-state index in [2.05, 4.69) is 13.8 Å². The summed E-state index contributed by atoms with van der Waals surface area (Å²) < 4.78 is 11.6. The van der Waals surface area contributed by atoms with Crippen molar-refractivity contribution in [3.05, 3.63) is 0 Å². The van der Waals surface area contributed by atoms with Crippen LogP contribution in [0.2, 0.25) is 0 Å². The van der Waals surface area contributed by atoms with Gasteiger partial charge in [0.25, 0.3) is 0 Å². The van der Waals surface area contributed by atoms with Gasteiger partial charge in [0.1, 0.15) is 6.10 Å². The van der Waals surface area contributed by atoms with Gasteiger partial charge in [-0.2, -0.15) is 0 Å². The molecule has 4 saturated carbocycles. The molecule has 0 spiro atoms. The molecule has 6 rings (SSSR count). The van der Waals surface area contributed by atoms with Crippen LogP contribution in [0.15, 0.2) is 0 Å². The molecule has 4 heteroatoms. The van der Waals surface area contributed by atoms with Crippen molar-refractivity contribution in [2.24, 2.45) is 34.5 Å². The van der Waals surface area contributed by atoms with Crippen LogP contribution in [0.4, 0.5) is 0 Å². The fourth-order valence-electron chi connectivity index (χ4n) is 7.65. The average molecular weight is 318 g/mol. The molecule has 6 fully saturated rings. The summed E-state index contributed by atoms with van der Waals surface area (Å²) in [6, 6.07) is 0. The lowest BCUT2D eigenvalue weighted by molar-refractivity contribution is -0.166. The molecule has 2 aliphatic heterocycles. The zero-order valence-electron chi connectivity index (χ0n) is 13.9. The minimum atomic E-state index is -0.235. The molecule has 0 unspecified atom stereocenters. The van der Waals surface area contributed by atoms with Crippen LogP contribution in [-0.2, 0) is 14.3 Å². The summed E-state index contributed by atoms with van der Waals surface area (Å²) in [5.74, 6) is 2.13. The van der Waals surface area contributed by atoms with Gasteiger partial charge in [-0.15, -0.1) is 0 Å². The lowest BCUT2D eigenvalue weighted by Gasteiger charge is -2.60. The number of hydrogen-bond donors (Lipinski definition) is 1. The van der Waals surface area contributed by atoms with Crippen LogP contribution in [0.5, 0.6) is 0 Å². The third-order valence-electron chi connectivity index (χ3n) is 8.88. The number of Topliss-reactive ketones (excluding diaryl/α,β-unsaturated/α-hetero) is 1. The number of carbonyl (C=O) groups is 1. The van der Waals surface area contributed by atoms with E-state index in [0.717, 1.165) is 32.1 Å². The Labute approximate surface area is 136 Å². The molecule has 0 amide bonds. The summed E-state index contributed by atoms with van der Waals surface area (Å²) >= 11 is 0. The van der Waals surface area contributed by atoms with Gasteiger partial charge >= 0.3 is 0 Å². The number of rotatable bonds is 0. The minimum absolute atomic E-state index is 0.117. The summed E-state index contributed by atoms with van der Waals surface area (Å²) in [6.07, 6.45) is 5.81. The van der Waals surface area contributed by atoms with Crippen molar-refractivity contribution < 1.29 is 19.4 Å². The minimum Gasteiger partial charge on any atom is -0.393 e. The topological polar surface area (TPSA) is 62.4 Å². The number of hydrogen-bond acceptors (Lipinski definition) is 4. The number of ketones is 1. The van der Waals surface area contributed by atoms with Crippen LogP contribution >= 0.6 is 0 Å².